The number of aliphatic hydroxyl groups excluding tert-OH is 1. The van der Waals surface area contributed by atoms with Gasteiger partial charge in [-0.3, -0.25) is 0 Å². The van der Waals surface area contributed by atoms with E-state index in [0.29, 0.717) is 11.1 Å². The first-order chi connectivity index (χ1) is 15.8. The number of hydrogen-bond acceptors (Lipinski definition) is 8. The summed E-state index contributed by atoms with van der Waals surface area (Å²) in [6, 6.07) is 14.2. The third-order valence-electron chi connectivity index (χ3n) is 5.41. The van der Waals surface area contributed by atoms with E-state index in [2.05, 4.69) is 0 Å². The van der Waals surface area contributed by atoms with Crippen LogP contribution in [0.3, 0.4) is 0 Å². The highest BCUT2D eigenvalue weighted by molar-refractivity contribution is 5.87. The zero-order chi connectivity index (χ0) is 23.7. The smallest absolute Gasteiger partial charge is 0.405 e. The summed E-state index contributed by atoms with van der Waals surface area (Å²) in [6.07, 6.45) is -4.97. The lowest BCUT2D eigenvalue weighted by atomic mass is 10.00. The van der Waals surface area contributed by atoms with Crippen LogP contribution in [0.1, 0.15) is 12.5 Å². The predicted octanol–water partition coefficient (Wildman–Crippen LogP) is 3.21. The summed E-state index contributed by atoms with van der Waals surface area (Å²) in [7, 11) is 1.35. The number of methoxy groups -OCH3 is 1. The molecule has 1 aliphatic heterocycles. The molecule has 0 fully saturated rings. The number of benzene rings is 2. The van der Waals surface area contributed by atoms with Crippen molar-refractivity contribution in [2.24, 2.45) is 5.73 Å². The molecule has 9 nitrogen and oxygen atoms in total. The molecule has 0 bridgehead atoms. The summed E-state index contributed by atoms with van der Waals surface area (Å²) in [4.78, 5) is 24.1. The molecule has 9 heteroatoms. The van der Waals surface area contributed by atoms with E-state index in [1.165, 1.54) is 13.2 Å². The molecule has 172 valence electrons. The summed E-state index contributed by atoms with van der Waals surface area (Å²) in [6.45, 7) is 3.42. The molecule has 3 aromatic rings. The molecule has 1 unspecified atom stereocenters. The van der Waals surface area contributed by atoms with Gasteiger partial charge in [-0.05, 0) is 37.1 Å². The number of aliphatic hydroxyl groups is 1. The van der Waals surface area contributed by atoms with Crippen LogP contribution in [0, 0.1) is 6.92 Å². The van der Waals surface area contributed by atoms with Gasteiger partial charge in [0.15, 0.2) is 11.9 Å². The van der Waals surface area contributed by atoms with E-state index < -0.39 is 30.2 Å². The van der Waals surface area contributed by atoms with Crippen LogP contribution in [0.2, 0.25) is 0 Å². The lowest BCUT2D eigenvalue weighted by Crippen LogP contribution is -2.50. The molecule has 0 saturated carbocycles. The minimum absolute atomic E-state index is 0.0923. The number of carbonyl (C=O) groups is 1. The van der Waals surface area contributed by atoms with E-state index in [4.69, 9.17) is 29.1 Å². The van der Waals surface area contributed by atoms with Gasteiger partial charge in [0.1, 0.15) is 17.1 Å². The van der Waals surface area contributed by atoms with E-state index in [0.717, 1.165) is 16.5 Å². The molecule has 1 aliphatic rings. The summed E-state index contributed by atoms with van der Waals surface area (Å²) in [5.74, 6) is 0.617. The van der Waals surface area contributed by atoms with Gasteiger partial charge in [0.2, 0.25) is 6.10 Å². The number of aryl methyl sites for hydroxylation is 1. The average molecular weight is 453 g/mol. The van der Waals surface area contributed by atoms with Gasteiger partial charge in [0, 0.05) is 11.5 Å². The van der Waals surface area contributed by atoms with Gasteiger partial charge in [-0.25, -0.2) is 9.59 Å². The first-order valence-corrected chi connectivity index (χ1v) is 10.1. The Bertz CT molecular complexity index is 1280. The monoisotopic (exact) mass is 453 g/mol. The van der Waals surface area contributed by atoms with Crippen LogP contribution in [-0.4, -0.2) is 36.8 Å². The highest BCUT2D eigenvalue weighted by Crippen LogP contribution is 2.32. The van der Waals surface area contributed by atoms with Crippen LogP contribution in [0.25, 0.3) is 22.1 Å². The fraction of sp³-hybridized carbons (Fsp3) is 0.250. The minimum Gasteiger partial charge on any atom is -0.495 e. The molecule has 2 heterocycles. The summed E-state index contributed by atoms with van der Waals surface area (Å²) in [5, 5.41) is 11.3. The van der Waals surface area contributed by atoms with Crippen LogP contribution >= 0.6 is 0 Å². The zero-order valence-electron chi connectivity index (χ0n) is 18.2. The second-order valence-corrected chi connectivity index (χ2v) is 7.49. The van der Waals surface area contributed by atoms with E-state index in [1.54, 1.807) is 19.1 Å². The van der Waals surface area contributed by atoms with Crippen LogP contribution in [0.4, 0.5) is 4.79 Å². The van der Waals surface area contributed by atoms with Crippen LogP contribution < -0.4 is 16.1 Å². The fourth-order valence-electron chi connectivity index (χ4n) is 3.90. The van der Waals surface area contributed by atoms with E-state index in [1.807, 2.05) is 37.3 Å². The molecule has 3 N–H and O–H groups in total. The van der Waals surface area contributed by atoms with Gasteiger partial charge in [0.05, 0.1) is 12.7 Å². The maximum absolute atomic E-state index is 12.7. The highest BCUT2D eigenvalue weighted by atomic mass is 16.7. The average Bonchev–Trinajstić information content (AvgIpc) is 2.77. The highest BCUT2D eigenvalue weighted by Gasteiger charge is 2.43. The zero-order valence-corrected chi connectivity index (χ0v) is 18.2. The number of hydrogen-bond donors (Lipinski definition) is 2. The van der Waals surface area contributed by atoms with Crippen LogP contribution in [-0.2, 0) is 14.2 Å². The second kappa shape index (κ2) is 8.87. The lowest BCUT2D eigenvalue weighted by molar-refractivity contribution is -0.174. The van der Waals surface area contributed by atoms with Gasteiger partial charge in [-0.2, -0.15) is 0 Å². The Balaban J connectivity index is 1.70. The predicted molar refractivity (Wildman–Crippen MR) is 118 cm³/mol. The number of allylic oxidation sites excluding steroid dienone is 1. The van der Waals surface area contributed by atoms with Crippen LogP contribution in [0.15, 0.2) is 69.3 Å². The van der Waals surface area contributed by atoms with E-state index >= 15 is 0 Å². The molecule has 1 amide bonds. The molecule has 4 rings (SSSR count). The Hall–Kier alpha value is -3.98. The standard InChI is InChI=1S/C24H23NO8/c1-12-16-10-9-15(11-17(16)32-22(27)18(12)14-7-5-4-6-8-14)31-23-21(33-24(25)28)19(26)20(29-3)13(2)30-23/h4-11,19,21,23,26H,1-3H3,(H2,25,28)/t19-,21-,23?/m0/s1. The molecule has 1 aromatic heterocycles. The summed E-state index contributed by atoms with van der Waals surface area (Å²) >= 11 is 0. The molecule has 33 heavy (non-hydrogen) atoms. The van der Waals surface area contributed by atoms with Crippen molar-refractivity contribution in [1.82, 2.24) is 0 Å². The van der Waals surface area contributed by atoms with Crippen molar-refractivity contribution in [1.29, 1.82) is 0 Å². The molecule has 0 aliphatic carbocycles. The van der Waals surface area contributed by atoms with Gasteiger partial charge in [0.25, 0.3) is 6.29 Å². The quantitative estimate of drug-likeness (QED) is 0.563. The molecular formula is C24H23NO8. The van der Waals surface area contributed by atoms with Crippen molar-refractivity contribution in [2.75, 3.05) is 7.11 Å². The Morgan fingerprint density at radius 1 is 1.12 bits per heavy atom. The SMILES string of the molecule is COC1=C(C)OC(Oc2ccc3c(C)c(-c4ccccc4)c(=O)oc3c2)[C@@H](OC(N)=O)[C@H]1O. The largest absolute Gasteiger partial charge is 0.495 e. The van der Waals surface area contributed by atoms with Crippen molar-refractivity contribution in [3.05, 3.63) is 76.0 Å². The van der Waals surface area contributed by atoms with Crippen LogP contribution in [0.5, 0.6) is 5.75 Å². The number of rotatable bonds is 5. The lowest BCUT2D eigenvalue weighted by Gasteiger charge is -2.35. The van der Waals surface area contributed by atoms with Gasteiger partial charge in [-0.1, -0.05) is 30.3 Å². The Morgan fingerprint density at radius 2 is 1.85 bits per heavy atom. The third kappa shape index (κ3) is 4.22. The maximum Gasteiger partial charge on any atom is 0.405 e. The van der Waals surface area contributed by atoms with Gasteiger partial charge in [-0.15, -0.1) is 0 Å². The first-order valence-electron chi connectivity index (χ1n) is 10.1. The molecule has 0 saturated heterocycles. The van der Waals surface area contributed by atoms with E-state index in [-0.39, 0.29) is 17.3 Å². The summed E-state index contributed by atoms with van der Waals surface area (Å²) < 4.78 is 27.2. The molecule has 0 radical (unpaired) electrons. The Labute approximate surface area is 188 Å². The van der Waals surface area contributed by atoms with Gasteiger partial charge >= 0.3 is 11.7 Å². The molecular weight excluding hydrogens is 430 g/mol. The van der Waals surface area contributed by atoms with Crippen molar-refractivity contribution < 1.29 is 33.3 Å². The Kier molecular flexibility index (Phi) is 5.97. The second-order valence-electron chi connectivity index (χ2n) is 7.49. The number of amides is 1. The topological polar surface area (TPSA) is 130 Å². The van der Waals surface area contributed by atoms with Crippen molar-refractivity contribution >= 4 is 17.1 Å². The number of primary amides is 1. The number of nitrogens with two attached hydrogens (primary N) is 1. The maximum atomic E-state index is 12.7. The first kappa shape index (κ1) is 22.2. The number of ether oxygens (including phenoxy) is 4. The molecule has 2 aromatic carbocycles. The molecule has 3 atom stereocenters. The normalized spacial score (nSPS) is 20.3. The van der Waals surface area contributed by atoms with Gasteiger partial charge < -0.3 is 34.2 Å². The molecule has 0 spiro atoms. The van der Waals surface area contributed by atoms with Crippen molar-refractivity contribution in [2.45, 2.75) is 32.3 Å². The third-order valence-corrected chi connectivity index (χ3v) is 5.41. The summed E-state index contributed by atoms with van der Waals surface area (Å²) in [5.41, 5.74) is 6.98. The van der Waals surface area contributed by atoms with E-state index in [9.17, 15) is 14.7 Å². The van der Waals surface area contributed by atoms with Crippen molar-refractivity contribution in [3.63, 3.8) is 0 Å². The Morgan fingerprint density at radius 3 is 2.52 bits per heavy atom. The fourth-order valence-corrected chi connectivity index (χ4v) is 3.90. The number of fused-ring (bicyclic) bond motifs is 1. The van der Waals surface area contributed by atoms with Crippen molar-refractivity contribution in [3.8, 4) is 16.9 Å². The number of carbonyl (C=O) groups excluding carboxylic acids is 1. The minimum atomic E-state index is -1.35.